The molecule has 1 amide bonds. The molecule has 0 spiro atoms. The van der Waals surface area contributed by atoms with Crippen LogP contribution in [0.15, 0.2) is 29.2 Å². The average Bonchev–Trinajstić information content (AvgIpc) is 2.96. The van der Waals surface area contributed by atoms with Gasteiger partial charge in [-0.2, -0.15) is 17.9 Å². The molecule has 0 unspecified atom stereocenters. The van der Waals surface area contributed by atoms with E-state index in [0.29, 0.717) is 31.9 Å². The molecule has 7 nitrogen and oxygen atoms in total. The second-order valence-corrected chi connectivity index (χ2v) is 8.10. The van der Waals surface area contributed by atoms with Gasteiger partial charge in [-0.15, -0.1) is 0 Å². The van der Waals surface area contributed by atoms with Crippen LogP contribution in [0.1, 0.15) is 24.8 Å². The van der Waals surface area contributed by atoms with E-state index in [1.165, 1.54) is 4.90 Å². The maximum Gasteiger partial charge on any atom is 0.416 e. The van der Waals surface area contributed by atoms with Crippen LogP contribution in [0.3, 0.4) is 0 Å². The molecule has 11 heteroatoms. The number of benzene rings is 1. The fourth-order valence-electron chi connectivity index (χ4n) is 3.40. The smallest absolute Gasteiger partial charge is 0.416 e. The van der Waals surface area contributed by atoms with Crippen LogP contribution < -0.4 is 4.72 Å². The largest absolute Gasteiger partial charge is 0.465 e. The number of nitrogens with zero attached hydrogens (tertiary/aromatic N) is 2. The van der Waals surface area contributed by atoms with Gasteiger partial charge in [-0.05, 0) is 37.5 Å². The molecule has 0 aromatic heterocycles. The lowest BCUT2D eigenvalue weighted by molar-refractivity contribution is -0.137. The molecule has 0 bridgehead atoms. The second kappa shape index (κ2) is 6.71. The summed E-state index contributed by atoms with van der Waals surface area (Å²) in [5.41, 5.74) is -1.04. The zero-order chi connectivity index (χ0) is 19.1. The summed E-state index contributed by atoms with van der Waals surface area (Å²) in [5, 5.41) is 9.12. The number of rotatable bonds is 3. The van der Waals surface area contributed by atoms with E-state index >= 15 is 0 Å². The fourth-order valence-corrected chi connectivity index (χ4v) is 4.69. The predicted octanol–water partition coefficient (Wildman–Crippen LogP) is 2.12. The number of alkyl halides is 3. The third-order valence-electron chi connectivity index (χ3n) is 4.74. The third kappa shape index (κ3) is 3.79. The predicted molar refractivity (Wildman–Crippen MR) is 84.6 cm³/mol. The molecular formula is C15H18F3N3O4S. The molecule has 2 aliphatic heterocycles. The first kappa shape index (κ1) is 18.9. The minimum absolute atomic E-state index is 0.0554. The van der Waals surface area contributed by atoms with Crippen LogP contribution in [0.5, 0.6) is 0 Å². The minimum Gasteiger partial charge on any atom is -0.465 e. The molecular weight excluding hydrogens is 375 g/mol. The van der Waals surface area contributed by atoms with Crippen LogP contribution in [-0.2, 0) is 16.2 Å². The van der Waals surface area contributed by atoms with Crippen molar-refractivity contribution in [1.29, 1.82) is 0 Å². The molecule has 2 aliphatic rings. The van der Waals surface area contributed by atoms with E-state index in [-0.39, 0.29) is 12.7 Å². The molecule has 3 rings (SSSR count). The zero-order valence-corrected chi connectivity index (χ0v) is 14.4. The lowest BCUT2D eigenvalue weighted by Gasteiger charge is -2.39. The van der Waals surface area contributed by atoms with Gasteiger partial charge in [0.15, 0.2) is 0 Å². The Labute approximate surface area is 148 Å². The molecule has 0 aliphatic carbocycles. The van der Waals surface area contributed by atoms with Gasteiger partial charge in [0.2, 0.25) is 10.0 Å². The summed E-state index contributed by atoms with van der Waals surface area (Å²) < 4.78 is 65.9. The molecule has 1 aromatic carbocycles. The molecule has 0 radical (unpaired) electrons. The number of carboxylic acid groups (broad SMARTS) is 1. The number of nitrogens with one attached hydrogen (secondary N) is 1. The molecule has 1 aromatic rings. The highest BCUT2D eigenvalue weighted by Crippen LogP contribution is 2.32. The Balaban J connectivity index is 1.78. The van der Waals surface area contributed by atoms with Crippen molar-refractivity contribution in [1.82, 2.24) is 14.5 Å². The Morgan fingerprint density at radius 3 is 2.62 bits per heavy atom. The van der Waals surface area contributed by atoms with Crippen molar-refractivity contribution in [2.75, 3.05) is 13.2 Å². The van der Waals surface area contributed by atoms with Crippen molar-refractivity contribution in [2.45, 2.75) is 42.5 Å². The van der Waals surface area contributed by atoms with Gasteiger partial charge in [0.1, 0.15) is 0 Å². The average molecular weight is 393 g/mol. The lowest BCUT2D eigenvalue weighted by atomic mass is 10.1. The summed E-state index contributed by atoms with van der Waals surface area (Å²) in [7, 11) is -4.17. The zero-order valence-electron chi connectivity index (χ0n) is 13.6. The minimum atomic E-state index is -4.64. The topological polar surface area (TPSA) is 90.0 Å². The summed E-state index contributed by atoms with van der Waals surface area (Å²) >= 11 is 0. The summed E-state index contributed by atoms with van der Waals surface area (Å²) in [6.45, 7) is 0.444. The number of sulfonamides is 1. The summed E-state index contributed by atoms with van der Waals surface area (Å²) in [6.07, 6.45) is -4.62. The fraction of sp³-hybridized carbons (Fsp3) is 0.533. The SMILES string of the molecule is O=C(O)N1CC[C@@H]2CC[C@H](NS(=O)(=O)c3cccc(C(F)(F)F)c3)N2C1. The van der Waals surface area contributed by atoms with E-state index in [1.807, 2.05) is 0 Å². The van der Waals surface area contributed by atoms with E-state index in [9.17, 15) is 26.4 Å². The number of halogens is 3. The van der Waals surface area contributed by atoms with Crippen molar-refractivity contribution in [2.24, 2.45) is 0 Å². The molecule has 144 valence electrons. The normalized spacial score (nSPS) is 24.5. The van der Waals surface area contributed by atoms with Gasteiger partial charge in [0, 0.05) is 12.6 Å². The number of fused-ring (bicyclic) bond motifs is 1. The van der Waals surface area contributed by atoms with Gasteiger partial charge in [0.25, 0.3) is 0 Å². The molecule has 2 fully saturated rings. The lowest BCUT2D eigenvalue weighted by Crippen LogP contribution is -2.56. The van der Waals surface area contributed by atoms with Crippen molar-refractivity contribution < 1.29 is 31.5 Å². The molecule has 26 heavy (non-hydrogen) atoms. The number of hydrogen-bond donors (Lipinski definition) is 2. The van der Waals surface area contributed by atoms with Gasteiger partial charge in [-0.1, -0.05) is 6.07 Å². The Hall–Kier alpha value is -1.85. The first-order chi connectivity index (χ1) is 12.1. The summed E-state index contributed by atoms with van der Waals surface area (Å²) in [4.78, 5) is 13.6. The van der Waals surface area contributed by atoms with Crippen molar-refractivity contribution in [3.05, 3.63) is 29.8 Å². The molecule has 2 saturated heterocycles. The molecule has 2 heterocycles. The van der Waals surface area contributed by atoms with E-state index in [1.54, 1.807) is 4.90 Å². The standard InChI is InChI=1S/C15H18F3N3O4S/c16-15(17,18)10-2-1-3-12(8-10)26(24,25)19-13-5-4-11-6-7-20(14(22)23)9-21(11)13/h1-3,8,11,13,19H,4-7,9H2,(H,22,23)/t11-,13+/m0/s1. The monoisotopic (exact) mass is 393 g/mol. The van der Waals surface area contributed by atoms with E-state index in [2.05, 4.69) is 4.72 Å². The number of hydrogen-bond acceptors (Lipinski definition) is 4. The summed E-state index contributed by atoms with van der Waals surface area (Å²) in [6, 6.07) is 3.60. The Kier molecular flexibility index (Phi) is 4.88. The molecule has 0 saturated carbocycles. The van der Waals surface area contributed by atoms with Crippen molar-refractivity contribution in [3.8, 4) is 0 Å². The van der Waals surface area contributed by atoms with Gasteiger partial charge in [0.05, 0.1) is 23.3 Å². The van der Waals surface area contributed by atoms with Crippen molar-refractivity contribution in [3.63, 3.8) is 0 Å². The van der Waals surface area contributed by atoms with E-state index in [0.717, 1.165) is 18.2 Å². The maximum absolute atomic E-state index is 12.8. The first-order valence-corrected chi connectivity index (χ1v) is 9.49. The van der Waals surface area contributed by atoms with Gasteiger partial charge in [-0.3, -0.25) is 9.80 Å². The van der Waals surface area contributed by atoms with Crippen LogP contribution in [0, 0.1) is 0 Å². The molecule has 2 atom stereocenters. The van der Waals surface area contributed by atoms with E-state index < -0.39 is 38.9 Å². The van der Waals surface area contributed by atoms with Crippen molar-refractivity contribution >= 4 is 16.1 Å². The van der Waals surface area contributed by atoms with Crippen LogP contribution in [0.4, 0.5) is 18.0 Å². The number of carbonyl (C=O) groups is 1. The van der Waals surface area contributed by atoms with Crippen LogP contribution in [0.25, 0.3) is 0 Å². The van der Waals surface area contributed by atoms with E-state index in [4.69, 9.17) is 5.11 Å². The third-order valence-corrected chi connectivity index (χ3v) is 6.20. The van der Waals surface area contributed by atoms with Gasteiger partial charge < -0.3 is 5.11 Å². The maximum atomic E-state index is 12.8. The van der Waals surface area contributed by atoms with Gasteiger partial charge >= 0.3 is 12.3 Å². The highest BCUT2D eigenvalue weighted by Gasteiger charge is 2.40. The van der Waals surface area contributed by atoms with Crippen LogP contribution >= 0.6 is 0 Å². The molecule has 2 N–H and O–H groups in total. The quantitative estimate of drug-likeness (QED) is 0.821. The highest BCUT2D eigenvalue weighted by molar-refractivity contribution is 7.89. The summed E-state index contributed by atoms with van der Waals surface area (Å²) in [5.74, 6) is 0. The Morgan fingerprint density at radius 2 is 1.96 bits per heavy atom. The Morgan fingerprint density at radius 1 is 1.23 bits per heavy atom. The first-order valence-electron chi connectivity index (χ1n) is 8.01. The van der Waals surface area contributed by atoms with Gasteiger partial charge in [-0.25, -0.2) is 13.2 Å². The van der Waals surface area contributed by atoms with Crippen LogP contribution in [0.2, 0.25) is 0 Å². The second-order valence-electron chi connectivity index (χ2n) is 6.38. The number of amides is 1. The highest BCUT2D eigenvalue weighted by atomic mass is 32.2. The van der Waals surface area contributed by atoms with Crippen LogP contribution in [-0.4, -0.2) is 54.8 Å². The Bertz CT molecular complexity index is 800.